The first-order valence-corrected chi connectivity index (χ1v) is 14.3. The maximum absolute atomic E-state index is 13.0. The molecule has 0 atom stereocenters. The number of methoxy groups -OCH3 is 2. The van der Waals surface area contributed by atoms with E-state index in [-0.39, 0.29) is 5.91 Å². The number of halogens is 1. The molecular formula is C29H33ClN4O3S. The number of thioether (sulfide) groups is 1. The molecule has 38 heavy (non-hydrogen) atoms. The number of amides is 1. The number of piperidine rings is 1. The molecule has 2 aliphatic heterocycles. The van der Waals surface area contributed by atoms with Gasteiger partial charge in [0.2, 0.25) is 0 Å². The van der Waals surface area contributed by atoms with Crippen molar-refractivity contribution in [1.29, 1.82) is 0 Å². The number of carbonyl (C=O) groups is 1. The van der Waals surface area contributed by atoms with Gasteiger partial charge in [0.25, 0.3) is 5.91 Å². The molecule has 7 nitrogen and oxygen atoms in total. The first kappa shape index (κ1) is 26.6. The molecule has 0 saturated carbocycles. The van der Waals surface area contributed by atoms with E-state index in [2.05, 4.69) is 22.9 Å². The molecule has 1 amide bonds. The highest BCUT2D eigenvalue weighted by atomic mass is 35.5. The van der Waals surface area contributed by atoms with E-state index in [1.165, 1.54) is 22.9 Å². The van der Waals surface area contributed by atoms with Gasteiger partial charge in [0, 0.05) is 43.6 Å². The molecule has 0 N–H and O–H groups in total. The summed E-state index contributed by atoms with van der Waals surface area (Å²) >= 11 is 7.95. The third-order valence-electron chi connectivity index (χ3n) is 7.32. The summed E-state index contributed by atoms with van der Waals surface area (Å²) in [5.74, 6) is 3.73. The van der Waals surface area contributed by atoms with Crippen LogP contribution in [0, 0.1) is 5.92 Å². The Balaban J connectivity index is 1.27. The third-order valence-corrected chi connectivity index (χ3v) is 8.43. The smallest absolute Gasteiger partial charge is 0.253 e. The molecule has 1 aromatic heterocycles. The fourth-order valence-corrected chi connectivity index (χ4v) is 6.05. The molecule has 2 aliphatic rings. The van der Waals surface area contributed by atoms with E-state index in [0.29, 0.717) is 28.5 Å². The van der Waals surface area contributed by atoms with Crippen LogP contribution in [-0.2, 0) is 18.7 Å². The fourth-order valence-electron chi connectivity index (χ4n) is 5.03. The highest BCUT2D eigenvalue weighted by Crippen LogP contribution is 2.35. The SMILES string of the molecule is COc1cc2c(cc1OC)CN(c1cc(Cl)nc(SCc3cccc(C(=O)N4CCC(C)CC4)c3)n1)CC2. The second kappa shape index (κ2) is 11.8. The normalized spacial score (nSPS) is 15.8. The molecule has 0 bridgehead atoms. The Bertz CT molecular complexity index is 1310. The van der Waals surface area contributed by atoms with Gasteiger partial charge in [-0.1, -0.05) is 42.4 Å². The van der Waals surface area contributed by atoms with Gasteiger partial charge >= 0.3 is 0 Å². The number of hydrogen-bond acceptors (Lipinski definition) is 7. The van der Waals surface area contributed by atoms with E-state index in [1.54, 1.807) is 14.2 Å². The van der Waals surface area contributed by atoms with Crippen molar-refractivity contribution in [3.8, 4) is 11.5 Å². The van der Waals surface area contributed by atoms with Gasteiger partial charge in [0.05, 0.1) is 14.2 Å². The summed E-state index contributed by atoms with van der Waals surface area (Å²) in [4.78, 5) is 26.5. The van der Waals surface area contributed by atoms with Crippen molar-refractivity contribution in [2.24, 2.45) is 5.92 Å². The summed E-state index contributed by atoms with van der Waals surface area (Å²) in [5.41, 5.74) is 4.23. The van der Waals surface area contributed by atoms with Gasteiger partial charge in [-0.2, -0.15) is 0 Å². The van der Waals surface area contributed by atoms with Crippen LogP contribution in [0.1, 0.15) is 46.8 Å². The van der Waals surface area contributed by atoms with E-state index < -0.39 is 0 Å². The van der Waals surface area contributed by atoms with Gasteiger partial charge in [0.15, 0.2) is 16.7 Å². The lowest BCUT2D eigenvalue weighted by Crippen LogP contribution is -2.37. The number of anilines is 1. The van der Waals surface area contributed by atoms with Crippen LogP contribution in [0.4, 0.5) is 5.82 Å². The van der Waals surface area contributed by atoms with Crippen LogP contribution in [0.5, 0.6) is 11.5 Å². The fraction of sp³-hybridized carbons (Fsp3) is 0.414. The number of ether oxygens (including phenoxy) is 2. The third kappa shape index (κ3) is 6.02. The molecule has 5 rings (SSSR count). The molecule has 1 fully saturated rings. The topological polar surface area (TPSA) is 67.8 Å². The zero-order valence-electron chi connectivity index (χ0n) is 22.1. The molecular weight excluding hydrogens is 520 g/mol. The number of aromatic nitrogens is 2. The first-order chi connectivity index (χ1) is 18.4. The van der Waals surface area contributed by atoms with Gasteiger partial charge in [-0.25, -0.2) is 9.97 Å². The van der Waals surface area contributed by atoms with Crippen molar-refractivity contribution in [3.63, 3.8) is 0 Å². The van der Waals surface area contributed by atoms with Crippen LogP contribution in [0.2, 0.25) is 5.15 Å². The minimum atomic E-state index is 0.115. The number of benzene rings is 2. The van der Waals surface area contributed by atoms with Crippen molar-refractivity contribution in [1.82, 2.24) is 14.9 Å². The quantitative estimate of drug-likeness (QED) is 0.206. The van der Waals surface area contributed by atoms with Crippen LogP contribution in [0.15, 0.2) is 47.6 Å². The molecule has 0 spiro atoms. The molecule has 0 radical (unpaired) electrons. The lowest BCUT2D eigenvalue weighted by atomic mass is 9.98. The molecule has 200 valence electrons. The van der Waals surface area contributed by atoms with Crippen LogP contribution >= 0.6 is 23.4 Å². The van der Waals surface area contributed by atoms with Crippen LogP contribution in [0.25, 0.3) is 0 Å². The molecule has 1 saturated heterocycles. The second-order valence-corrected chi connectivity index (χ2v) is 11.3. The predicted molar refractivity (Wildman–Crippen MR) is 152 cm³/mol. The Morgan fingerprint density at radius 3 is 2.50 bits per heavy atom. The van der Waals surface area contributed by atoms with Gasteiger partial charge < -0.3 is 19.3 Å². The van der Waals surface area contributed by atoms with Crippen LogP contribution in [0.3, 0.4) is 0 Å². The second-order valence-electron chi connectivity index (χ2n) is 9.94. The van der Waals surface area contributed by atoms with Gasteiger partial charge in [0.1, 0.15) is 11.0 Å². The average Bonchev–Trinajstić information content (AvgIpc) is 2.95. The van der Waals surface area contributed by atoms with Crippen molar-refractivity contribution in [3.05, 3.63) is 69.9 Å². The van der Waals surface area contributed by atoms with Crippen LogP contribution in [-0.4, -0.2) is 54.6 Å². The molecule has 2 aromatic carbocycles. The number of nitrogens with zero attached hydrogens (tertiary/aromatic N) is 4. The van der Waals surface area contributed by atoms with E-state index in [9.17, 15) is 4.79 Å². The number of rotatable bonds is 7. The van der Waals surface area contributed by atoms with Crippen molar-refractivity contribution < 1.29 is 14.3 Å². The Labute approximate surface area is 233 Å². The maximum Gasteiger partial charge on any atom is 0.253 e. The summed E-state index contributed by atoms with van der Waals surface area (Å²) in [7, 11) is 3.31. The number of carbonyl (C=O) groups excluding carboxylic acids is 1. The number of likely N-dealkylation sites (tertiary alicyclic amines) is 1. The van der Waals surface area contributed by atoms with E-state index in [0.717, 1.165) is 67.3 Å². The zero-order valence-corrected chi connectivity index (χ0v) is 23.6. The van der Waals surface area contributed by atoms with Crippen molar-refractivity contribution in [2.45, 2.75) is 43.6 Å². The number of fused-ring (bicyclic) bond motifs is 1. The van der Waals surface area contributed by atoms with Gasteiger partial charge in [-0.05, 0) is 66.1 Å². The van der Waals surface area contributed by atoms with Crippen molar-refractivity contribution in [2.75, 3.05) is 38.8 Å². The summed E-state index contributed by atoms with van der Waals surface area (Å²) in [5, 5.41) is 1.03. The molecule has 9 heteroatoms. The summed E-state index contributed by atoms with van der Waals surface area (Å²) in [6.07, 6.45) is 3.01. The van der Waals surface area contributed by atoms with E-state index in [4.69, 9.17) is 26.1 Å². The molecule has 0 aliphatic carbocycles. The van der Waals surface area contributed by atoms with Crippen LogP contribution < -0.4 is 14.4 Å². The highest BCUT2D eigenvalue weighted by Gasteiger charge is 2.23. The Kier molecular flexibility index (Phi) is 8.29. The highest BCUT2D eigenvalue weighted by molar-refractivity contribution is 7.98. The monoisotopic (exact) mass is 552 g/mol. The molecule has 0 unspecified atom stereocenters. The van der Waals surface area contributed by atoms with E-state index >= 15 is 0 Å². The first-order valence-electron chi connectivity index (χ1n) is 13.0. The van der Waals surface area contributed by atoms with Gasteiger partial charge in [-0.15, -0.1) is 0 Å². The van der Waals surface area contributed by atoms with Crippen molar-refractivity contribution >= 4 is 35.1 Å². The standard InChI is InChI=1S/C29H33ClN4O3S/c1-19-7-10-33(11-8-19)28(35)22-6-4-5-20(13-22)18-38-29-31-26(30)16-27(32-29)34-12-9-21-14-24(36-2)25(37-3)15-23(21)17-34/h4-6,13-16,19H,7-12,17-18H2,1-3H3. The Hall–Kier alpha value is -2.97. The summed E-state index contributed by atoms with van der Waals surface area (Å²) in [6, 6.07) is 13.8. The predicted octanol–water partition coefficient (Wildman–Crippen LogP) is 5.87. The van der Waals surface area contributed by atoms with E-state index in [1.807, 2.05) is 41.3 Å². The largest absolute Gasteiger partial charge is 0.493 e. The summed E-state index contributed by atoms with van der Waals surface area (Å²) in [6.45, 7) is 5.44. The lowest BCUT2D eigenvalue weighted by molar-refractivity contribution is 0.0697. The van der Waals surface area contributed by atoms with Gasteiger partial charge in [-0.3, -0.25) is 4.79 Å². The summed E-state index contributed by atoms with van der Waals surface area (Å²) < 4.78 is 11.0. The minimum absolute atomic E-state index is 0.115. The Morgan fingerprint density at radius 1 is 1.03 bits per heavy atom. The molecule has 3 heterocycles. The minimum Gasteiger partial charge on any atom is -0.493 e. The number of hydrogen-bond donors (Lipinski definition) is 0. The average molecular weight is 553 g/mol. The Morgan fingerprint density at radius 2 is 1.76 bits per heavy atom. The zero-order chi connectivity index (χ0) is 26.6. The molecule has 3 aromatic rings. The lowest BCUT2D eigenvalue weighted by Gasteiger charge is -2.30. The maximum atomic E-state index is 13.0.